The summed E-state index contributed by atoms with van der Waals surface area (Å²) < 4.78 is 0. The lowest BCUT2D eigenvalue weighted by Gasteiger charge is -2.32. The van der Waals surface area contributed by atoms with Crippen molar-refractivity contribution in [1.82, 2.24) is 0 Å². The van der Waals surface area contributed by atoms with E-state index in [4.69, 9.17) is 0 Å². The molecule has 1 aromatic rings. The second kappa shape index (κ2) is 3.21. The fraction of sp³-hybridized carbons (Fsp3) is 0.364. The number of para-hydroxylation sites is 1. The maximum atomic E-state index is 10.7. The van der Waals surface area contributed by atoms with Gasteiger partial charge in [0.25, 0.3) is 0 Å². The molecule has 68 valence electrons. The Balaban J connectivity index is 2.38. The molecule has 1 atom stereocenters. The van der Waals surface area contributed by atoms with Crippen molar-refractivity contribution in [3.8, 4) is 0 Å². The zero-order valence-corrected chi connectivity index (χ0v) is 7.73. The monoisotopic (exact) mass is 175 g/mol. The van der Waals surface area contributed by atoms with Crippen molar-refractivity contribution in [2.45, 2.75) is 18.9 Å². The number of aryl methyl sites for hydroxylation is 1. The Kier molecular flexibility index (Phi) is 2.05. The smallest absolute Gasteiger partial charge is 0.142 e. The molecule has 0 fully saturated rings. The number of aldehydes is 1. The van der Waals surface area contributed by atoms with E-state index in [0.717, 1.165) is 19.1 Å². The number of hydrogen-bond donors (Lipinski definition) is 0. The first-order valence-corrected chi connectivity index (χ1v) is 4.59. The van der Waals surface area contributed by atoms with Crippen LogP contribution in [0.25, 0.3) is 0 Å². The van der Waals surface area contributed by atoms with Gasteiger partial charge in [0, 0.05) is 12.7 Å². The highest BCUT2D eigenvalue weighted by Gasteiger charge is 2.21. The van der Waals surface area contributed by atoms with Gasteiger partial charge in [-0.15, -0.1) is 0 Å². The summed E-state index contributed by atoms with van der Waals surface area (Å²) in [6, 6.07) is 8.34. The average Bonchev–Trinajstić information content (AvgIpc) is 2.19. The Hall–Kier alpha value is -1.31. The van der Waals surface area contributed by atoms with Crippen LogP contribution in [0.15, 0.2) is 24.3 Å². The Labute approximate surface area is 78.2 Å². The van der Waals surface area contributed by atoms with Gasteiger partial charge < -0.3 is 9.69 Å². The summed E-state index contributed by atoms with van der Waals surface area (Å²) in [4.78, 5) is 12.8. The molecule has 2 rings (SSSR count). The van der Waals surface area contributed by atoms with Crippen molar-refractivity contribution < 1.29 is 4.79 Å². The van der Waals surface area contributed by atoms with E-state index >= 15 is 0 Å². The zero-order chi connectivity index (χ0) is 9.26. The number of hydrogen-bond acceptors (Lipinski definition) is 2. The van der Waals surface area contributed by atoms with Crippen LogP contribution in [0.4, 0.5) is 5.69 Å². The first-order valence-electron chi connectivity index (χ1n) is 4.59. The molecular formula is C11H13NO. The molecule has 1 heterocycles. The lowest BCUT2D eigenvalue weighted by molar-refractivity contribution is -0.109. The Morgan fingerprint density at radius 2 is 2.23 bits per heavy atom. The maximum absolute atomic E-state index is 10.7. The maximum Gasteiger partial charge on any atom is 0.142 e. The number of anilines is 1. The highest BCUT2D eigenvalue weighted by atomic mass is 16.1. The van der Waals surface area contributed by atoms with Crippen molar-refractivity contribution >= 4 is 12.0 Å². The third-order valence-corrected chi connectivity index (χ3v) is 2.74. The number of likely N-dealkylation sites (N-methyl/N-ethyl adjacent to an activating group) is 1. The summed E-state index contributed by atoms with van der Waals surface area (Å²) in [5.41, 5.74) is 2.55. The SMILES string of the molecule is CN1c2ccccc2CC[C@H]1C=O. The number of benzene rings is 1. The van der Waals surface area contributed by atoms with E-state index in [0.29, 0.717) is 0 Å². The van der Waals surface area contributed by atoms with E-state index in [1.807, 2.05) is 19.2 Å². The molecule has 1 aromatic carbocycles. The van der Waals surface area contributed by atoms with E-state index in [2.05, 4.69) is 17.0 Å². The van der Waals surface area contributed by atoms with Crippen molar-refractivity contribution in [3.05, 3.63) is 29.8 Å². The normalized spacial score (nSPS) is 21.0. The molecule has 0 aliphatic carbocycles. The Bertz CT molecular complexity index is 322. The van der Waals surface area contributed by atoms with E-state index in [1.54, 1.807) is 0 Å². The summed E-state index contributed by atoms with van der Waals surface area (Å²) in [7, 11) is 1.98. The molecule has 1 aliphatic heterocycles. The molecule has 13 heavy (non-hydrogen) atoms. The molecule has 2 heteroatoms. The van der Waals surface area contributed by atoms with Crippen LogP contribution in [0.5, 0.6) is 0 Å². The molecule has 0 aromatic heterocycles. The molecule has 0 amide bonds. The first kappa shape index (κ1) is 8.30. The molecule has 0 radical (unpaired) electrons. The van der Waals surface area contributed by atoms with E-state index in [-0.39, 0.29) is 6.04 Å². The molecule has 0 bridgehead atoms. The van der Waals surface area contributed by atoms with Crippen molar-refractivity contribution in [1.29, 1.82) is 0 Å². The minimum absolute atomic E-state index is 0.0647. The van der Waals surface area contributed by atoms with Gasteiger partial charge in [-0.2, -0.15) is 0 Å². The third kappa shape index (κ3) is 1.32. The van der Waals surface area contributed by atoms with Gasteiger partial charge in [0.1, 0.15) is 6.29 Å². The van der Waals surface area contributed by atoms with Gasteiger partial charge in [-0.25, -0.2) is 0 Å². The molecule has 1 aliphatic rings. The minimum Gasteiger partial charge on any atom is -0.365 e. The predicted molar refractivity (Wildman–Crippen MR) is 53.0 cm³/mol. The third-order valence-electron chi connectivity index (χ3n) is 2.74. The van der Waals surface area contributed by atoms with Crippen LogP contribution in [-0.2, 0) is 11.2 Å². The number of rotatable bonds is 1. The van der Waals surface area contributed by atoms with Crippen LogP contribution in [0.1, 0.15) is 12.0 Å². The fourth-order valence-corrected chi connectivity index (χ4v) is 1.90. The molecule has 0 N–H and O–H groups in total. The topological polar surface area (TPSA) is 20.3 Å². The molecule has 0 saturated heterocycles. The summed E-state index contributed by atoms with van der Waals surface area (Å²) in [5.74, 6) is 0. The van der Waals surface area contributed by atoms with Gasteiger partial charge in [-0.05, 0) is 24.5 Å². The van der Waals surface area contributed by atoms with E-state index in [1.165, 1.54) is 11.3 Å². The standard InChI is InChI=1S/C11H13NO/c1-12-10(8-13)7-6-9-4-2-3-5-11(9)12/h2-5,8,10H,6-7H2,1H3/t10-/m0/s1. The summed E-state index contributed by atoms with van der Waals surface area (Å²) in [6.07, 6.45) is 3.00. The van der Waals surface area contributed by atoms with Crippen LogP contribution in [0, 0.1) is 0 Å². The predicted octanol–water partition coefficient (Wildman–Crippen LogP) is 1.64. The van der Waals surface area contributed by atoms with Crippen molar-refractivity contribution in [3.63, 3.8) is 0 Å². The number of carbonyl (C=O) groups excluding carboxylic acids is 1. The lowest BCUT2D eigenvalue weighted by atomic mass is 9.97. The minimum atomic E-state index is 0.0647. The van der Waals surface area contributed by atoms with Gasteiger partial charge >= 0.3 is 0 Å². The summed E-state index contributed by atoms with van der Waals surface area (Å²) >= 11 is 0. The van der Waals surface area contributed by atoms with Gasteiger partial charge in [0.05, 0.1) is 6.04 Å². The van der Waals surface area contributed by atoms with Crippen LogP contribution < -0.4 is 4.90 Å². The van der Waals surface area contributed by atoms with E-state index < -0.39 is 0 Å². The highest BCUT2D eigenvalue weighted by molar-refractivity contribution is 5.69. The van der Waals surface area contributed by atoms with Gasteiger partial charge in [-0.1, -0.05) is 18.2 Å². The Morgan fingerprint density at radius 1 is 1.46 bits per heavy atom. The fourth-order valence-electron chi connectivity index (χ4n) is 1.90. The number of nitrogens with zero attached hydrogens (tertiary/aromatic N) is 1. The first-order chi connectivity index (χ1) is 6.33. The molecular weight excluding hydrogens is 162 g/mol. The molecule has 0 saturated carbocycles. The largest absolute Gasteiger partial charge is 0.365 e. The molecule has 2 nitrogen and oxygen atoms in total. The molecule has 0 unspecified atom stereocenters. The summed E-state index contributed by atoms with van der Waals surface area (Å²) in [6.45, 7) is 0. The number of fused-ring (bicyclic) bond motifs is 1. The van der Waals surface area contributed by atoms with Crippen LogP contribution in [-0.4, -0.2) is 19.4 Å². The highest BCUT2D eigenvalue weighted by Crippen LogP contribution is 2.27. The Morgan fingerprint density at radius 3 is 3.00 bits per heavy atom. The van der Waals surface area contributed by atoms with E-state index in [9.17, 15) is 4.79 Å². The summed E-state index contributed by atoms with van der Waals surface area (Å²) in [5, 5.41) is 0. The second-order valence-electron chi connectivity index (χ2n) is 3.48. The van der Waals surface area contributed by atoms with Crippen LogP contribution in [0.3, 0.4) is 0 Å². The van der Waals surface area contributed by atoms with Crippen LogP contribution >= 0.6 is 0 Å². The number of carbonyl (C=O) groups is 1. The van der Waals surface area contributed by atoms with Crippen LogP contribution in [0.2, 0.25) is 0 Å². The molecule has 0 spiro atoms. The van der Waals surface area contributed by atoms with Gasteiger partial charge in [-0.3, -0.25) is 0 Å². The average molecular weight is 175 g/mol. The lowest BCUT2D eigenvalue weighted by Crippen LogP contribution is -2.37. The van der Waals surface area contributed by atoms with Gasteiger partial charge in [0.15, 0.2) is 0 Å². The van der Waals surface area contributed by atoms with Gasteiger partial charge in [0.2, 0.25) is 0 Å². The second-order valence-corrected chi connectivity index (χ2v) is 3.48. The zero-order valence-electron chi connectivity index (χ0n) is 7.73. The quantitative estimate of drug-likeness (QED) is 0.605. The van der Waals surface area contributed by atoms with Crippen molar-refractivity contribution in [2.75, 3.05) is 11.9 Å². The van der Waals surface area contributed by atoms with Crippen molar-refractivity contribution in [2.24, 2.45) is 0 Å².